The molecule has 1 aromatic heterocycles. The highest BCUT2D eigenvalue weighted by atomic mass is 16.5. The van der Waals surface area contributed by atoms with Crippen LogP contribution in [-0.2, 0) is 16.9 Å². The van der Waals surface area contributed by atoms with Gasteiger partial charge in [0.05, 0.1) is 24.4 Å². The Morgan fingerprint density at radius 3 is 3.00 bits per heavy atom. The average molecular weight is 335 g/mol. The molecule has 1 amide bonds. The molecular formula is C20H21N3O2. The second kappa shape index (κ2) is 5.36. The number of carbonyl (C=O) groups is 1. The Labute approximate surface area is 147 Å². The van der Waals surface area contributed by atoms with Crippen LogP contribution in [-0.4, -0.2) is 33.9 Å². The van der Waals surface area contributed by atoms with Gasteiger partial charge in [-0.1, -0.05) is 24.3 Å². The van der Waals surface area contributed by atoms with Crippen molar-refractivity contribution in [2.45, 2.75) is 44.3 Å². The van der Waals surface area contributed by atoms with Crippen LogP contribution in [0.4, 0.5) is 0 Å². The van der Waals surface area contributed by atoms with Crippen molar-refractivity contribution < 1.29 is 9.53 Å². The van der Waals surface area contributed by atoms with Gasteiger partial charge in [-0.3, -0.25) is 4.79 Å². The minimum Gasteiger partial charge on any atom is -0.364 e. The number of rotatable bonds is 2. The van der Waals surface area contributed by atoms with E-state index in [0.717, 1.165) is 30.8 Å². The lowest BCUT2D eigenvalue weighted by Crippen LogP contribution is -2.35. The molecular weight excluding hydrogens is 314 g/mol. The predicted molar refractivity (Wildman–Crippen MR) is 92.2 cm³/mol. The largest absolute Gasteiger partial charge is 0.364 e. The molecule has 5 heteroatoms. The SMILES string of the molecule is Cc1ncc(C(=O)N2CCC3(C2)OCc2ccccc23)c(C2CC2)n1. The number of likely N-dealkylation sites (tertiary alicyclic amines) is 1. The molecule has 2 aromatic rings. The Bertz CT molecular complexity index is 862. The van der Waals surface area contributed by atoms with E-state index in [2.05, 4.69) is 28.2 Å². The lowest BCUT2D eigenvalue weighted by molar-refractivity contribution is -0.0283. The van der Waals surface area contributed by atoms with Gasteiger partial charge in [-0.25, -0.2) is 9.97 Å². The minimum absolute atomic E-state index is 0.0479. The van der Waals surface area contributed by atoms with Crippen LogP contribution in [0.3, 0.4) is 0 Å². The Morgan fingerprint density at radius 2 is 2.16 bits per heavy atom. The van der Waals surface area contributed by atoms with E-state index < -0.39 is 0 Å². The molecule has 0 bridgehead atoms. The Balaban J connectivity index is 1.44. The average Bonchev–Trinajstić information content (AvgIpc) is 3.30. The van der Waals surface area contributed by atoms with E-state index in [-0.39, 0.29) is 11.5 Å². The third-order valence-electron chi connectivity index (χ3n) is 5.66. The number of aromatic nitrogens is 2. The fourth-order valence-electron chi connectivity index (χ4n) is 4.17. The first-order chi connectivity index (χ1) is 12.2. The number of benzene rings is 1. The zero-order chi connectivity index (χ0) is 17.0. The number of fused-ring (bicyclic) bond motifs is 2. The summed E-state index contributed by atoms with van der Waals surface area (Å²) >= 11 is 0. The lowest BCUT2D eigenvalue weighted by Gasteiger charge is -2.25. The first-order valence-electron chi connectivity index (χ1n) is 9.01. The number of ether oxygens (including phenoxy) is 1. The Morgan fingerprint density at radius 1 is 1.32 bits per heavy atom. The van der Waals surface area contributed by atoms with E-state index >= 15 is 0 Å². The summed E-state index contributed by atoms with van der Waals surface area (Å²) in [6.45, 7) is 3.85. The summed E-state index contributed by atoms with van der Waals surface area (Å²) in [5.41, 5.74) is 3.77. The van der Waals surface area contributed by atoms with Gasteiger partial charge in [0.15, 0.2) is 0 Å². The van der Waals surface area contributed by atoms with Gasteiger partial charge < -0.3 is 9.64 Å². The van der Waals surface area contributed by atoms with Gasteiger partial charge in [-0.2, -0.15) is 0 Å². The molecule has 25 heavy (non-hydrogen) atoms. The third-order valence-corrected chi connectivity index (χ3v) is 5.66. The van der Waals surface area contributed by atoms with Gasteiger partial charge in [-0.15, -0.1) is 0 Å². The van der Waals surface area contributed by atoms with Gasteiger partial charge >= 0.3 is 0 Å². The first-order valence-corrected chi connectivity index (χ1v) is 9.01. The van der Waals surface area contributed by atoms with E-state index in [0.29, 0.717) is 31.2 Å². The molecule has 0 N–H and O–H groups in total. The summed E-state index contributed by atoms with van der Waals surface area (Å²) in [6.07, 6.45) is 4.81. The zero-order valence-corrected chi connectivity index (χ0v) is 14.4. The van der Waals surface area contributed by atoms with Crippen LogP contribution < -0.4 is 0 Å². The van der Waals surface area contributed by atoms with Crippen LogP contribution in [0.2, 0.25) is 0 Å². The number of hydrogen-bond acceptors (Lipinski definition) is 4. The zero-order valence-electron chi connectivity index (χ0n) is 14.4. The molecule has 5 nitrogen and oxygen atoms in total. The van der Waals surface area contributed by atoms with E-state index in [1.807, 2.05) is 17.9 Å². The summed E-state index contributed by atoms with van der Waals surface area (Å²) in [4.78, 5) is 23.9. The maximum atomic E-state index is 13.2. The van der Waals surface area contributed by atoms with Gasteiger partial charge in [0.2, 0.25) is 0 Å². The summed E-state index contributed by atoms with van der Waals surface area (Å²) in [5, 5.41) is 0. The van der Waals surface area contributed by atoms with Crippen molar-refractivity contribution in [3.63, 3.8) is 0 Å². The molecule has 128 valence electrons. The highest BCUT2D eigenvalue weighted by Gasteiger charge is 2.47. The normalized spacial score (nSPS) is 24.8. The summed E-state index contributed by atoms with van der Waals surface area (Å²) in [5.74, 6) is 1.22. The van der Waals surface area contributed by atoms with E-state index in [1.54, 1.807) is 6.20 Å². The van der Waals surface area contributed by atoms with E-state index in [1.165, 1.54) is 11.1 Å². The van der Waals surface area contributed by atoms with Crippen LogP contribution >= 0.6 is 0 Å². The highest BCUT2D eigenvalue weighted by molar-refractivity contribution is 5.95. The molecule has 5 rings (SSSR count). The first kappa shape index (κ1) is 15.0. The quantitative estimate of drug-likeness (QED) is 0.847. The molecule has 3 aliphatic rings. The topological polar surface area (TPSA) is 55.3 Å². The van der Waals surface area contributed by atoms with Crippen LogP contribution in [0, 0.1) is 6.92 Å². The molecule has 1 spiro atoms. The maximum Gasteiger partial charge on any atom is 0.257 e. The van der Waals surface area contributed by atoms with Gasteiger partial charge in [-0.05, 0) is 37.3 Å². The van der Waals surface area contributed by atoms with Gasteiger partial charge in [0.25, 0.3) is 5.91 Å². The second-order valence-corrected chi connectivity index (χ2v) is 7.41. The Hall–Kier alpha value is -2.27. The van der Waals surface area contributed by atoms with Gasteiger partial charge in [0.1, 0.15) is 11.4 Å². The summed E-state index contributed by atoms with van der Waals surface area (Å²) in [6, 6.07) is 8.36. The number of amides is 1. The molecule has 2 aliphatic heterocycles. The lowest BCUT2D eigenvalue weighted by atomic mass is 9.92. The molecule has 1 saturated heterocycles. The molecule has 1 atom stereocenters. The third kappa shape index (κ3) is 2.37. The van der Waals surface area contributed by atoms with Crippen molar-refractivity contribution in [2.75, 3.05) is 13.1 Å². The number of aryl methyl sites for hydroxylation is 1. The molecule has 1 aliphatic carbocycles. The number of carbonyl (C=O) groups excluding carboxylic acids is 1. The second-order valence-electron chi connectivity index (χ2n) is 7.41. The van der Waals surface area contributed by atoms with E-state index in [4.69, 9.17) is 4.74 Å². The van der Waals surface area contributed by atoms with Crippen LogP contribution in [0.25, 0.3) is 0 Å². The van der Waals surface area contributed by atoms with Gasteiger partial charge in [0, 0.05) is 18.7 Å². The summed E-state index contributed by atoms with van der Waals surface area (Å²) < 4.78 is 6.17. The Kier molecular flexibility index (Phi) is 3.22. The molecule has 3 heterocycles. The number of hydrogen-bond donors (Lipinski definition) is 0. The van der Waals surface area contributed by atoms with Crippen LogP contribution in [0.15, 0.2) is 30.5 Å². The molecule has 1 aromatic carbocycles. The highest BCUT2D eigenvalue weighted by Crippen LogP contribution is 2.44. The van der Waals surface area contributed by atoms with Crippen molar-refractivity contribution in [2.24, 2.45) is 0 Å². The minimum atomic E-state index is -0.336. The molecule has 0 radical (unpaired) electrons. The van der Waals surface area contributed by atoms with Crippen LogP contribution in [0.5, 0.6) is 0 Å². The van der Waals surface area contributed by atoms with Crippen molar-refractivity contribution in [1.29, 1.82) is 0 Å². The van der Waals surface area contributed by atoms with Crippen molar-refractivity contribution in [3.8, 4) is 0 Å². The molecule has 1 unspecified atom stereocenters. The van der Waals surface area contributed by atoms with Crippen molar-refractivity contribution in [1.82, 2.24) is 14.9 Å². The fraction of sp³-hybridized carbons (Fsp3) is 0.450. The standard InChI is InChI=1S/C20H21N3O2/c1-13-21-10-16(18(22-13)14-6-7-14)19(24)23-9-8-20(12-23)17-5-3-2-4-15(17)11-25-20/h2-5,10,14H,6-9,11-12H2,1H3. The smallest absolute Gasteiger partial charge is 0.257 e. The van der Waals surface area contributed by atoms with Crippen molar-refractivity contribution >= 4 is 5.91 Å². The van der Waals surface area contributed by atoms with Crippen molar-refractivity contribution in [3.05, 3.63) is 58.7 Å². The predicted octanol–water partition coefficient (Wildman–Crippen LogP) is 2.93. The fourth-order valence-corrected chi connectivity index (χ4v) is 4.17. The van der Waals surface area contributed by atoms with Crippen LogP contribution in [0.1, 0.15) is 58.2 Å². The number of nitrogens with zero attached hydrogens (tertiary/aromatic N) is 3. The van der Waals surface area contributed by atoms with E-state index in [9.17, 15) is 4.79 Å². The monoisotopic (exact) mass is 335 g/mol. The maximum absolute atomic E-state index is 13.2. The molecule has 2 fully saturated rings. The summed E-state index contributed by atoms with van der Waals surface area (Å²) in [7, 11) is 0. The molecule has 1 saturated carbocycles.